The van der Waals surface area contributed by atoms with Gasteiger partial charge in [0.25, 0.3) is 0 Å². The van der Waals surface area contributed by atoms with Crippen molar-refractivity contribution in [1.82, 2.24) is 14.1 Å². The number of anilines is 1. The Kier molecular flexibility index (Phi) is 3.32. The van der Waals surface area contributed by atoms with Crippen molar-refractivity contribution in [2.45, 2.75) is 44.2 Å². The Morgan fingerprint density at radius 1 is 1.33 bits per heavy atom. The minimum absolute atomic E-state index is 0.265. The van der Waals surface area contributed by atoms with Gasteiger partial charge in [-0.3, -0.25) is 0 Å². The summed E-state index contributed by atoms with van der Waals surface area (Å²) < 4.78 is 8.85. The summed E-state index contributed by atoms with van der Waals surface area (Å²) in [5.41, 5.74) is 3.24. The van der Waals surface area contributed by atoms with Crippen molar-refractivity contribution < 1.29 is 0 Å². The first-order valence-corrected chi connectivity index (χ1v) is 8.72. The molecule has 4 nitrogen and oxygen atoms in total. The Morgan fingerprint density at radius 2 is 2.14 bits per heavy atom. The van der Waals surface area contributed by atoms with Crippen LogP contribution in [0.25, 0.3) is 11.0 Å². The lowest BCUT2D eigenvalue weighted by atomic mass is 9.92. The fraction of sp³-hybridized carbons (Fsp3) is 0.600. The molecule has 2 aliphatic rings. The van der Waals surface area contributed by atoms with E-state index in [4.69, 9.17) is 11.6 Å². The third kappa shape index (κ3) is 2.22. The molecule has 4 rings (SSSR count). The maximum atomic E-state index is 6.53. The van der Waals surface area contributed by atoms with Crippen molar-refractivity contribution in [2.75, 3.05) is 18.0 Å². The predicted molar refractivity (Wildman–Crippen MR) is 88.4 cm³/mol. The van der Waals surface area contributed by atoms with E-state index in [-0.39, 0.29) is 5.54 Å². The largest absolute Gasteiger partial charge is 0.363 e. The van der Waals surface area contributed by atoms with Gasteiger partial charge in [0.05, 0.1) is 22.4 Å². The molecule has 1 spiro atoms. The van der Waals surface area contributed by atoms with Crippen LogP contribution in [0.3, 0.4) is 0 Å². The van der Waals surface area contributed by atoms with E-state index in [0.717, 1.165) is 34.8 Å². The predicted octanol–water partition coefficient (Wildman–Crippen LogP) is 3.46. The normalized spacial score (nSPS) is 25.0. The average molecular weight is 323 g/mol. The summed E-state index contributed by atoms with van der Waals surface area (Å²) in [7, 11) is 0. The van der Waals surface area contributed by atoms with Crippen molar-refractivity contribution in [1.29, 1.82) is 0 Å². The third-order valence-electron chi connectivity index (χ3n) is 4.98. The third-order valence-corrected chi connectivity index (χ3v) is 5.82. The Hall–Kier alpha value is -0.910. The molecule has 1 aromatic carbocycles. The van der Waals surface area contributed by atoms with Gasteiger partial charge in [-0.05, 0) is 31.9 Å². The number of piperazine rings is 1. The number of nitrogens with one attached hydrogen (secondary N) is 1. The van der Waals surface area contributed by atoms with Crippen molar-refractivity contribution >= 4 is 40.0 Å². The number of rotatable bonds is 1. The number of hydrogen-bond donors (Lipinski definition) is 1. The number of hydrogen-bond acceptors (Lipinski definition) is 5. The van der Waals surface area contributed by atoms with Crippen LogP contribution in [-0.2, 0) is 0 Å². The highest BCUT2D eigenvalue weighted by Gasteiger charge is 2.41. The molecular weight excluding hydrogens is 304 g/mol. The van der Waals surface area contributed by atoms with Crippen LogP contribution in [0.4, 0.5) is 5.69 Å². The Bertz CT molecular complexity index is 665. The number of halogens is 1. The first-order valence-electron chi connectivity index (χ1n) is 7.61. The van der Waals surface area contributed by atoms with Crippen LogP contribution in [0, 0.1) is 0 Å². The number of nitrogens with zero attached hydrogens (tertiary/aromatic N) is 3. The molecule has 1 saturated heterocycles. The highest BCUT2D eigenvalue weighted by atomic mass is 35.5. The summed E-state index contributed by atoms with van der Waals surface area (Å²) in [6.45, 7) is 4.28. The van der Waals surface area contributed by atoms with Gasteiger partial charge in [-0.1, -0.05) is 24.4 Å². The molecule has 2 heterocycles. The van der Waals surface area contributed by atoms with E-state index in [2.05, 4.69) is 25.9 Å². The second-order valence-electron chi connectivity index (χ2n) is 6.37. The first kappa shape index (κ1) is 13.7. The summed E-state index contributed by atoms with van der Waals surface area (Å²) in [6.07, 6.45) is 5.18. The van der Waals surface area contributed by atoms with E-state index in [1.54, 1.807) is 0 Å². The summed E-state index contributed by atoms with van der Waals surface area (Å²) >= 11 is 7.79. The van der Waals surface area contributed by atoms with E-state index >= 15 is 0 Å². The topological polar surface area (TPSA) is 41.0 Å². The zero-order chi connectivity index (χ0) is 14.4. The van der Waals surface area contributed by atoms with Crippen molar-refractivity contribution in [2.24, 2.45) is 0 Å². The van der Waals surface area contributed by atoms with Gasteiger partial charge in [0.15, 0.2) is 0 Å². The van der Waals surface area contributed by atoms with E-state index in [9.17, 15) is 0 Å². The van der Waals surface area contributed by atoms with Gasteiger partial charge in [0.1, 0.15) is 11.0 Å². The van der Waals surface area contributed by atoms with Crippen LogP contribution >= 0.6 is 23.3 Å². The molecule has 1 unspecified atom stereocenters. The van der Waals surface area contributed by atoms with Gasteiger partial charge in [0.2, 0.25) is 0 Å². The minimum Gasteiger partial charge on any atom is -0.363 e. The van der Waals surface area contributed by atoms with Crippen LogP contribution in [0.5, 0.6) is 0 Å². The molecule has 1 saturated carbocycles. The Labute approximate surface area is 133 Å². The molecule has 2 aromatic rings. The lowest BCUT2D eigenvalue weighted by Gasteiger charge is -2.46. The van der Waals surface area contributed by atoms with Gasteiger partial charge in [-0.25, -0.2) is 0 Å². The molecule has 0 amide bonds. The van der Waals surface area contributed by atoms with Crippen LogP contribution < -0.4 is 10.2 Å². The average Bonchev–Trinajstić information content (AvgIpc) is 3.12. The Morgan fingerprint density at radius 3 is 2.95 bits per heavy atom. The zero-order valence-electron chi connectivity index (χ0n) is 12.1. The summed E-state index contributed by atoms with van der Waals surface area (Å²) in [4.78, 5) is 2.45. The van der Waals surface area contributed by atoms with E-state index in [0.29, 0.717) is 6.04 Å². The smallest absolute Gasteiger partial charge is 0.129 e. The summed E-state index contributed by atoms with van der Waals surface area (Å²) in [5, 5.41) is 4.58. The number of fused-ring (bicyclic) bond motifs is 1. The summed E-state index contributed by atoms with van der Waals surface area (Å²) in [5.74, 6) is 0. The lowest BCUT2D eigenvalue weighted by molar-refractivity contribution is 0.277. The van der Waals surface area contributed by atoms with Crippen LogP contribution in [0.1, 0.15) is 32.6 Å². The highest BCUT2D eigenvalue weighted by molar-refractivity contribution is 7.00. The van der Waals surface area contributed by atoms with Gasteiger partial charge < -0.3 is 10.2 Å². The van der Waals surface area contributed by atoms with Crippen LogP contribution in [0.15, 0.2) is 12.1 Å². The van der Waals surface area contributed by atoms with Crippen LogP contribution in [0.2, 0.25) is 5.02 Å². The van der Waals surface area contributed by atoms with Gasteiger partial charge >= 0.3 is 0 Å². The second-order valence-corrected chi connectivity index (χ2v) is 7.31. The van der Waals surface area contributed by atoms with Crippen molar-refractivity contribution in [3.63, 3.8) is 0 Å². The molecule has 6 heteroatoms. The maximum Gasteiger partial charge on any atom is 0.129 e. The highest BCUT2D eigenvalue weighted by Crippen LogP contribution is 2.39. The molecule has 1 atom stereocenters. The molecule has 2 fully saturated rings. The molecule has 21 heavy (non-hydrogen) atoms. The van der Waals surface area contributed by atoms with Crippen molar-refractivity contribution in [3.05, 3.63) is 17.2 Å². The van der Waals surface area contributed by atoms with Crippen molar-refractivity contribution in [3.8, 4) is 0 Å². The first-order chi connectivity index (χ1) is 10.2. The van der Waals surface area contributed by atoms with E-state index in [1.807, 2.05) is 12.1 Å². The second kappa shape index (κ2) is 5.07. The molecular formula is C15H19ClN4S. The fourth-order valence-electron chi connectivity index (χ4n) is 3.78. The van der Waals surface area contributed by atoms with Crippen LogP contribution in [-0.4, -0.2) is 33.4 Å². The SMILES string of the molecule is CC1CNC2(CCCC2)CN1c1c(Cl)ccc2nsnc12. The standard InChI is InChI=1S/C15H19ClN4S/c1-10-8-17-15(6-2-3-7-15)9-20(10)14-11(16)4-5-12-13(14)19-21-18-12/h4-5,10,17H,2-3,6-9H2,1H3. The molecule has 0 bridgehead atoms. The molecule has 1 N–H and O–H groups in total. The monoisotopic (exact) mass is 322 g/mol. The molecule has 1 aliphatic carbocycles. The fourth-order valence-corrected chi connectivity index (χ4v) is 4.58. The maximum absolute atomic E-state index is 6.53. The summed E-state index contributed by atoms with van der Waals surface area (Å²) in [6, 6.07) is 4.33. The molecule has 0 radical (unpaired) electrons. The van der Waals surface area contributed by atoms with Gasteiger partial charge in [0, 0.05) is 24.7 Å². The minimum atomic E-state index is 0.265. The number of benzene rings is 1. The quantitative estimate of drug-likeness (QED) is 0.873. The lowest BCUT2D eigenvalue weighted by Crippen LogP contribution is -2.62. The molecule has 112 valence electrons. The number of aromatic nitrogens is 2. The molecule has 1 aromatic heterocycles. The zero-order valence-corrected chi connectivity index (χ0v) is 13.7. The Balaban J connectivity index is 1.78. The van der Waals surface area contributed by atoms with E-state index in [1.165, 1.54) is 37.4 Å². The van der Waals surface area contributed by atoms with E-state index < -0.39 is 0 Å². The van der Waals surface area contributed by atoms with Gasteiger partial charge in [-0.15, -0.1) is 0 Å². The van der Waals surface area contributed by atoms with Gasteiger partial charge in [-0.2, -0.15) is 8.75 Å². The molecule has 1 aliphatic heterocycles.